The SMILES string of the molecule is Cc1nc2cc(C(F)(F)F)c([C@H](C)Nc3cnc(C(=O)N4C[C@@H](C)O[C@@H](C)C4)cc3F)cc2c(=O)n1C. The van der Waals surface area contributed by atoms with Gasteiger partial charge in [-0.3, -0.25) is 14.2 Å². The molecule has 1 aromatic carbocycles. The number of hydrogen-bond acceptors (Lipinski definition) is 6. The fraction of sp³-hybridized carbons (Fsp3) is 0.440. The zero-order valence-corrected chi connectivity index (χ0v) is 21.0. The highest BCUT2D eigenvalue weighted by Gasteiger charge is 2.36. The molecule has 3 heterocycles. The van der Waals surface area contributed by atoms with E-state index in [-0.39, 0.29) is 45.9 Å². The quantitative estimate of drug-likeness (QED) is 0.518. The summed E-state index contributed by atoms with van der Waals surface area (Å²) in [6.45, 7) is 7.26. The van der Waals surface area contributed by atoms with Crippen molar-refractivity contribution in [3.05, 3.63) is 63.2 Å². The van der Waals surface area contributed by atoms with E-state index in [0.29, 0.717) is 13.1 Å². The number of nitrogens with zero attached hydrogens (tertiary/aromatic N) is 4. The van der Waals surface area contributed by atoms with Gasteiger partial charge in [0.15, 0.2) is 0 Å². The highest BCUT2D eigenvalue weighted by atomic mass is 19.4. The Labute approximate surface area is 210 Å². The van der Waals surface area contributed by atoms with Crippen molar-refractivity contribution in [1.29, 1.82) is 0 Å². The molecule has 37 heavy (non-hydrogen) atoms. The third-order valence-electron chi connectivity index (χ3n) is 6.39. The standard InChI is InChI=1S/C25H27F4N5O3/c1-12-10-34(11-13(2)37-12)24(36)21-8-19(26)22(9-30-21)31-14(3)16-6-17-20(7-18(16)25(27,28)29)32-15(4)33(5)23(17)35/h6-9,12-14,31H,10-11H2,1-5H3/t12-,13+,14-/m0/s1. The van der Waals surface area contributed by atoms with E-state index in [1.165, 1.54) is 30.4 Å². The van der Waals surface area contributed by atoms with Gasteiger partial charge < -0.3 is 15.0 Å². The predicted octanol–water partition coefficient (Wildman–Crippen LogP) is 4.22. The number of amides is 1. The number of fused-ring (bicyclic) bond motifs is 1. The molecule has 3 atom stereocenters. The first-order valence-electron chi connectivity index (χ1n) is 11.7. The number of aryl methyl sites for hydroxylation is 1. The third-order valence-corrected chi connectivity index (χ3v) is 6.39. The van der Waals surface area contributed by atoms with Gasteiger partial charge in [0.1, 0.15) is 17.3 Å². The minimum absolute atomic E-state index is 0.0123. The van der Waals surface area contributed by atoms with Gasteiger partial charge in [-0.2, -0.15) is 13.2 Å². The number of ether oxygens (including phenoxy) is 1. The second-order valence-electron chi connectivity index (χ2n) is 9.36. The van der Waals surface area contributed by atoms with E-state index in [4.69, 9.17) is 4.74 Å². The van der Waals surface area contributed by atoms with E-state index in [1.807, 2.05) is 13.8 Å². The summed E-state index contributed by atoms with van der Waals surface area (Å²) in [4.78, 5) is 35.2. The minimum Gasteiger partial charge on any atom is -0.375 e. The normalized spacial score (nSPS) is 19.2. The van der Waals surface area contributed by atoms with Gasteiger partial charge in [-0.1, -0.05) is 0 Å². The Kier molecular flexibility index (Phi) is 6.97. The Morgan fingerprint density at radius 1 is 1.19 bits per heavy atom. The summed E-state index contributed by atoms with van der Waals surface area (Å²) < 4.78 is 63.6. The van der Waals surface area contributed by atoms with Gasteiger partial charge in [0.2, 0.25) is 0 Å². The molecule has 4 rings (SSSR count). The number of morpholine rings is 1. The maximum Gasteiger partial charge on any atom is 0.416 e. The summed E-state index contributed by atoms with van der Waals surface area (Å²) in [7, 11) is 1.48. The first-order chi connectivity index (χ1) is 17.3. The van der Waals surface area contributed by atoms with Crippen LogP contribution in [0.1, 0.15) is 54.3 Å². The van der Waals surface area contributed by atoms with Crippen molar-refractivity contribution < 1.29 is 27.1 Å². The van der Waals surface area contributed by atoms with Crippen molar-refractivity contribution in [3.63, 3.8) is 0 Å². The Morgan fingerprint density at radius 2 is 1.84 bits per heavy atom. The Bertz CT molecular complexity index is 1410. The molecule has 1 saturated heterocycles. The average Bonchev–Trinajstić information content (AvgIpc) is 2.81. The van der Waals surface area contributed by atoms with Crippen LogP contribution in [0, 0.1) is 12.7 Å². The summed E-state index contributed by atoms with van der Waals surface area (Å²) in [5.74, 6) is -1.04. The van der Waals surface area contributed by atoms with Gasteiger partial charge in [-0.15, -0.1) is 0 Å². The van der Waals surface area contributed by atoms with Gasteiger partial charge in [-0.05, 0) is 45.4 Å². The van der Waals surface area contributed by atoms with Crippen LogP contribution in [0.4, 0.5) is 23.2 Å². The summed E-state index contributed by atoms with van der Waals surface area (Å²) in [6.07, 6.45) is -4.03. The van der Waals surface area contributed by atoms with Crippen LogP contribution in [0.15, 0.2) is 29.2 Å². The van der Waals surface area contributed by atoms with Crippen molar-refractivity contribution in [2.45, 2.75) is 52.1 Å². The van der Waals surface area contributed by atoms with Crippen molar-refractivity contribution in [2.75, 3.05) is 18.4 Å². The van der Waals surface area contributed by atoms with Gasteiger partial charge in [0, 0.05) is 32.2 Å². The van der Waals surface area contributed by atoms with Crippen LogP contribution in [0.25, 0.3) is 10.9 Å². The number of benzene rings is 1. The molecule has 2 aromatic heterocycles. The number of pyridine rings is 1. The second kappa shape index (κ2) is 9.73. The maximum absolute atomic E-state index is 15.0. The van der Waals surface area contributed by atoms with Gasteiger partial charge in [0.25, 0.3) is 11.5 Å². The van der Waals surface area contributed by atoms with Gasteiger partial charge in [0.05, 0.1) is 40.6 Å². The van der Waals surface area contributed by atoms with E-state index in [9.17, 15) is 27.2 Å². The molecule has 1 fully saturated rings. The highest BCUT2D eigenvalue weighted by molar-refractivity contribution is 5.92. The molecule has 3 aromatic rings. The summed E-state index contributed by atoms with van der Waals surface area (Å²) in [6, 6.07) is 1.85. The van der Waals surface area contributed by atoms with Crippen molar-refractivity contribution in [1.82, 2.24) is 19.4 Å². The first-order valence-corrected chi connectivity index (χ1v) is 11.7. The average molecular weight is 522 g/mol. The summed E-state index contributed by atoms with van der Waals surface area (Å²) in [5, 5.41) is 2.71. The largest absolute Gasteiger partial charge is 0.416 e. The molecule has 0 spiro atoms. The maximum atomic E-state index is 15.0. The topological polar surface area (TPSA) is 89.4 Å². The molecular formula is C25H27F4N5O3. The fourth-order valence-corrected chi connectivity index (χ4v) is 4.52. The number of rotatable bonds is 4. The fourth-order valence-electron chi connectivity index (χ4n) is 4.52. The lowest BCUT2D eigenvalue weighted by molar-refractivity contribution is -0.138. The summed E-state index contributed by atoms with van der Waals surface area (Å²) in [5.41, 5.74) is -2.12. The number of anilines is 1. The van der Waals surface area contributed by atoms with Crippen LogP contribution in [0.3, 0.4) is 0 Å². The lowest BCUT2D eigenvalue weighted by atomic mass is 9.98. The Hall–Kier alpha value is -3.54. The number of carbonyl (C=O) groups is 1. The van der Waals surface area contributed by atoms with Crippen LogP contribution >= 0.6 is 0 Å². The smallest absolute Gasteiger partial charge is 0.375 e. The molecule has 0 aliphatic carbocycles. The number of carbonyl (C=O) groups excluding carboxylic acids is 1. The molecule has 1 aliphatic heterocycles. The molecule has 0 radical (unpaired) electrons. The molecule has 1 aliphatic rings. The number of alkyl halides is 3. The lowest BCUT2D eigenvalue weighted by Crippen LogP contribution is -2.48. The van der Waals surface area contributed by atoms with Crippen LogP contribution < -0.4 is 10.9 Å². The highest BCUT2D eigenvalue weighted by Crippen LogP contribution is 2.37. The van der Waals surface area contributed by atoms with E-state index >= 15 is 0 Å². The molecule has 1 amide bonds. The zero-order chi connectivity index (χ0) is 27.2. The third kappa shape index (κ3) is 5.29. The van der Waals surface area contributed by atoms with E-state index in [2.05, 4.69) is 15.3 Å². The van der Waals surface area contributed by atoms with Gasteiger partial charge in [-0.25, -0.2) is 14.4 Å². The van der Waals surface area contributed by atoms with Crippen LogP contribution in [0.2, 0.25) is 0 Å². The van der Waals surface area contributed by atoms with Crippen molar-refractivity contribution in [3.8, 4) is 0 Å². The lowest BCUT2D eigenvalue weighted by Gasteiger charge is -2.35. The molecule has 198 valence electrons. The van der Waals surface area contributed by atoms with E-state index in [1.54, 1.807) is 0 Å². The van der Waals surface area contributed by atoms with Crippen LogP contribution in [0.5, 0.6) is 0 Å². The van der Waals surface area contributed by atoms with Crippen molar-refractivity contribution in [2.24, 2.45) is 7.05 Å². The zero-order valence-electron chi connectivity index (χ0n) is 21.0. The summed E-state index contributed by atoms with van der Waals surface area (Å²) >= 11 is 0. The molecule has 12 heteroatoms. The second-order valence-corrected chi connectivity index (χ2v) is 9.36. The van der Waals surface area contributed by atoms with Crippen LogP contribution in [-0.2, 0) is 18.0 Å². The Morgan fingerprint density at radius 3 is 2.43 bits per heavy atom. The predicted molar refractivity (Wildman–Crippen MR) is 129 cm³/mol. The van der Waals surface area contributed by atoms with E-state index in [0.717, 1.165) is 24.4 Å². The molecule has 0 unspecified atom stereocenters. The Balaban J connectivity index is 1.65. The van der Waals surface area contributed by atoms with Crippen molar-refractivity contribution >= 4 is 22.5 Å². The minimum atomic E-state index is -4.74. The number of halogens is 4. The molecular weight excluding hydrogens is 494 g/mol. The molecule has 0 saturated carbocycles. The van der Waals surface area contributed by atoms with E-state index < -0.39 is 35.1 Å². The molecule has 8 nitrogen and oxygen atoms in total. The first kappa shape index (κ1) is 26.5. The number of aromatic nitrogens is 3. The number of hydrogen-bond donors (Lipinski definition) is 1. The monoisotopic (exact) mass is 521 g/mol. The number of nitrogens with one attached hydrogen (secondary N) is 1. The molecule has 0 bridgehead atoms. The van der Waals surface area contributed by atoms with Crippen LogP contribution in [-0.4, -0.2) is 50.6 Å². The van der Waals surface area contributed by atoms with Gasteiger partial charge >= 0.3 is 6.18 Å². The molecule has 1 N–H and O–H groups in total.